The molecule has 0 spiro atoms. The van der Waals surface area contributed by atoms with Gasteiger partial charge in [-0.15, -0.1) is 0 Å². The predicted molar refractivity (Wildman–Crippen MR) is 68.3 cm³/mol. The molecule has 1 aromatic heterocycles. The Hall–Kier alpha value is -1.96. The molecule has 19 heavy (non-hydrogen) atoms. The summed E-state index contributed by atoms with van der Waals surface area (Å²) in [5.74, 6) is 0. The quantitative estimate of drug-likeness (QED) is 0.668. The number of benzene rings is 1. The summed E-state index contributed by atoms with van der Waals surface area (Å²) in [6.45, 7) is 3.98. The lowest BCUT2D eigenvalue weighted by Crippen LogP contribution is -2.32. The molecule has 2 aromatic rings. The Labute approximate surface area is 111 Å². The predicted octanol–water partition coefficient (Wildman–Crippen LogP) is 0.994. The summed E-state index contributed by atoms with van der Waals surface area (Å²) in [4.78, 5) is -0.0659. The van der Waals surface area contributed by atoms with E-state index in [2.05, 4.69) is 6.58 Å². The number of imidazole rings is 1. The third-order valence-corrected chi connectivity index (χ3v) is 3.48. The second kappa shape index (κ2) is 5.79. The summed E-state index contributed by atoms with van der Waals surface area (Å²) >= 11 is 0. The number of hydrogen-bond donors (Lipinski definition) is 1. The van der Waals surface area contributed by atoms with Crippen molar-refractivity contribution in [2.24, 2.45) is 0 Å². The van der Waals surface area contributed by atoms with Gasteiger partial charge in [0, 0.05) is 5.56 Å². The zero-order chi connectivity index (χ0) is 13.2. The molecular weight excluding hydrogens is 268 g/mol. The molecule has 1 aromatic carbocycles. The topological polar surface area (TPSA) is 93.2 Å². The number of rotatable bonds is 4. The van der Waals surface area contributed by atoms with Gasteiger partial charge in [-0.05, 0) is 6.07 Å². The van der Waals surface area contributed by atoms with Crippen LogP contribution < -0.4 is 4.57 Å². The van der Waals surface area contributed by atoms with E-state index in [0.717, 1.165) is 0 Å². The summed E-state index contributed by atoms with van der Waals surface area (Å²) in [5, 5.41) is 0. The molecule has 0 amide bonds. The molecule has 7 heteroatoms. The van der Waals surface area contributed by atoms with Crippen molar-refractivity contribution in [2.75, 3.05) is 0 Å². The molecule has 0 unspecified atom stereocenters. The van der Waals surface area contributed by atoms with Gasteiger partial charge in [0.25, 0.3) is 10.1 Å². The van der Waals surface area contributed by atoms with Crippen molar-refractivity contribution in [1.29, 1.82) is 0 Å². The molecule has 0 aliphatic carbocycles. The first kappa shape index (κ1) is 15.1. The SMILES string of the molecule is C=Cn1cc[n+](Cc2ccccc2S(=O)(=O)O)c1.[OH-]. The van der Waals surface area contributed by atoms with Crippen molar-refractivity contribution in [3.05, 3.63) is 55.1 Å². The monoisotopic (exact) mass is 282 g/mol. The number of aromatic nitrogens is 2. The Morgan fingerprint density at radius 3 is 2.63 bits per heavy atom. The van der Waals surface area contributed by atoms with Crippen LogP contribution in [0.2, 0.25) is 0 Å². The summed E-state index contributed by atoms with van der Waals surface area (Å²) < 4.78 is 35.1. The molecule has 0 saturated carbocycles. The first-order valence-electron chi connectivity index (χ1n) is 5.25. The fourth-order valence-corrected chi connectivity index (χ4v) is 2.41. The molecule has 0 aliphatic rings. The summed E-state index contributed by atoms with van der Waals surface area (Å²) in [7, 11) is -4.19. The van der Waals surface area contributed by atoms with Crippen LogP contribution in [0.25, 0.3) is 6.20 Å². The van der Waals surface area contributed by atoms with Crippen molar-refractivity contribution in [3.63, 3.8) is 0 Å². The van der Waals surface area contributed by atoms with E-state index >= 15 is 0 Å². The summed E-state index contributed by atoms with van der Waals surface area (Å²) in [6.07, 6.45) is 6.99. The highest BCUT2D eigenvalue weighted by molar-refractivity contribution is 7.85. The van der Waals surface area contributed by atoms with Crippen molar-refractivity contribution >= 4 is 16.3 Å². The van der Waals surface area contributed by atoms with Crippen LogP contribution in [0, 0.1) is 0 Å². The lowest BCUT2D eigenvalue weighted by atomic mass is 10.2. The van der Waals surface area contributed by atoms with Crippen molar-refractivity contribution in [1.82, 2.24) is 4.57 Å². The van der Waals surface area contributed by atoms with E-state index in [-0.39, 0.29) is 10.4 Å². The average molecular weight is 282 g/mol. The van der Waals surface area contributed by atoms with Crippen LogP contribution >= 0.6 is 0 Å². The van der Waals surface area contributed by atoms with E-state index in [4.69, 9.17) is 4.55 Å². The zero-order valence-corrected chi connectivity index (χ0v) is 10.9. The second-order valence-electron chi connectivity index (χ2n) is 3.80. The van der Waals surface area contributed by atoms with Crippen LogP contribution in [0.15, 0.2) is 54.5 Å². The molecule has 0 bridgehead atoms. The van der Waals surface area contributed by atoms with E-state index < -0.39 is 10.1 Å². The molecule has 0 saturated heterocycles. The van der Waals surface area contributed by atoms with Crippen LogP contribution in [0.3, 0.4) is 0 Å². The van der Waals surface area contributed by atoms with E-state index in [9.17, 15) is 8.42 Å². The average Bonchev–Trinajstić information content (AvgIpc) is 2.76. The number of hydrogen-bond acceptors (Lipinski definition) is 3. The van der Waals surface area contributed by atoms with Crippen molar-refractivity contribution < 1.29 is 23.0 Å². The minimum atomic E-state index is -4.19. The molecule has 0 radical (unpaired) electrons. The zero-order valence-electron chi connectivity index (χ0n) is 10.0. The highest BCUT2D eigenvalue weighted by Crippen LogP contribution is 2.14. The normalized spacial score (nSPS) is 10.8. The van der Waals surface area contributed by atoms with Gasteiger partial charge in [-0.2, -0.15) is 8.42 Å². The lowest BCUT2D eigenvalue weighted by molar-refractivity contribution is -0.687. The molecule has 0 atom stereocenters. The molecule has 0 fully saturated rings. The van der Waals surface area contributed by atoms with Crippen LogP contribution in [0.1, 0.15) is 5.56 Å². The molecule has 2 rings (SSSR count). The van der Waals surface area contributed by atoms with Crippen LogP contribution in [-0.4, -0.2) is 23.0 Å². The van der Waals surface area contributed by atoms with Gasteiger partial charge in [0.2, 0.25) is 6.33 Å². The Bertz CT molecular complexity index is 677. The Kier molecular flexibility index (Phi) is 4.60. The van der Waals surface area contributed by atoms with Gasteiger partial charge >= 0.3 is 0 Å². The van der Waals surface area contributed by atoms with Gasteiger partial charge in [0.15, 0.2) is 0 Å². The van der Waals surface area contributed by atoms with E-state index in [0.29, 0.717) is 12.1 Å². The van der Waals surface area contributed by atoms with E-state index in [1.807, 2.05) is 0 Å². The first-order valence-corrected chi connectivity index (χ1v) is 6.69. The standard InChI is InChI=1S/C12H12N2O3S.H2O/c1-2-13-7-8-14(10-13)9-11-5-3-4-6-12(11)18(15,16)17;/h2-8,10H,1,9H2;1H2. The fourth-order valence-electron chi connectivity index (χ4n) is 1.70. The highest BCUT2D eigenvalue weighted by atomic mass is 32.2. The van der Waals surface area contributed by atoms with Crippen LogP contribution in [0.5, 0.6) is 0 Å². The van der Waals surface area contributed by atoms with E-state index in [1.54, 1.807) is 52.3 Å². The van der Waals surface area contributed by atoms with Gasteiger partial charge in [-0.3, -0.25) is 4.55 Å². The van der Waals surface area contributed by atoms with Gasteiger partial charge in [0.1, 0.15) is 23.8 Å². The molecular formula is C12H14N2O4S. The molecule has 2 N–H and O–H groups in total. The molecule has 6 nitrogen and oxygen atoms in total. The van der Waals surface area contributed by atoms with Crippen LogP contribution in [-0.2, 0) is 16.7 Å². The molecule has 102 valence electrons. The first-order chi connectivity index (χ1) is 8.50. The van der Waals surface area contributed by atoms with Gasteiger partial charge in [-0.1, -0.05) is 24.8 Å². The maximum atomic E-state index is 11.2. The minimum absolute atomic E-state index is 0. The Morgan fingerprint density at radius 2 is 2.05 bits per heavy atom. The molecule has 1 heterocycles. The third-order valence-electron chi connectivity index (χ3n) is 2.53. The smallest absolute Gasteiger partial charge is 0.294 e. The van der Waals surface area contributed by atoms with Crippen molar-refractivity contribution in [3.8, 4) is 0 Å². The maximum Gasteiger partial charge on any atom is 0.294 e. The fraction of sp³-hybridized carbons (Fsp3) is 0.0833. The Morgan fingerprint density at radius 1 is 1.37 bits per heavy atom. The van der Waals surface area contributed by atoms with Crippen LogP contribution in [0.4, 0.5) is 0 Å². The van der Waals surface area contributed by atoms with Gasteiger partial charge in [0.05, 0.1) is 6.20 Å². The third kappa shape index (κ3) is 3.50. The maximum absolute atomic E-state index is 11.2. The summed E-state index contributed by atoms with van der Waals surface area (Å²) in [5.41, 5.74) is 0.534. The van der Waals surface area contributed by atoms with Gasteiger partial charge < -0.3 is 5.48 Å². The highest BCUT2D eigenvalue weighted by Gasteiger charge is 2.16. The second-order valence-corrected chi connectivity index (χ2v) is 5.19. The van der Waals surface area contributed by atoms with Gasteiger partial charge in [-0.25, -0.2) is 9.13 Å². The largest absolute Gasteiger partial charge is 0.870 e. The van der Waals surface area contributed by atoms with E-state index in [1.165, 1.54) is 6.07 Å². The minimum Gasteiger partial charge on any atom is -0.870 e. The number of nitrogens with zero attached hydrogens (tertiary/aromatic N) is 2. The lowest BCUT2D eigenvalue weighted by Gasteiger charge is -2.04. The summed E-state index contributed by atoms with van der Waals surface area (Å²) in [6, 6.07) is 6.36. The Balaban J connectivity index is 0.00000180. The molecule has 0 aliphatic heterocycles. The van der Waals surface area contributed by atoms with Crippen molar-refractivity contribution in [2.45, 2.75) is 11.4 Å².